The number of methoxy groups -OCH3 is 1. The number of hydrogen-bond donors (Lipinski definition) is 1. The number of pyridine rings is 1. The van der Waals surface area contributed by atoms with E-state index >= 15 is 4.39 Å². The standard InChI is InChI=1S/C24H22FIN2O5/c1-33-21-11-20-18(24(32)16(13-30)12-27(20)5-6-29)9-14(21)7-15-8-17(10-19(26)23(15)25)28-4-2-3-22(28)31/h8-13,29H,2-7H2,1H3. The number of nitrogens with zero attached hydrogens (tertiary/aromatic N) is 2. The molecule has 0 saturated carbocycles. The number of amides is 1. The van der Waals surface area contributed by atoms with Gasteiger partial charge in [-0.1, -0.05) is 0 Å². The van der Waals surface area contributed by atoms with Gasteiger partial charge in [0.15, 0.2) is 11.7 Å². The molecule has 1 aromatic heterocycles. The number of aromatic nitrogens is 1. The van der Waals surface area contributed by atoms with Crippen molar-refractivity contribution < 1.29 is 23.8 Å². The van der Waals surface area contributed by atoms with Crippen LogP contribution in [0, 0.1) is 9.39 Å². The first-order valence-electron chi connectivity index (χ1n) is 10.5. The largest absolute Gasteiger partial charge is 0.496 e. The van der Waals surface area contributed by atoms with Gasteiger partial charge in [0.1, 0.15) is 11.6 Å². The lowest BCUT2D eigenvalue weighted by molar-refractivity contribution is -0.117. The highest BCUT2D eigenvalue weighted by molar-refractivity contribution is 14.1. The predicted molar refractivity (Wildman–Crippen MR) is 131 cm³/mol. The fourth-order valence-electron chi connectivity index (χ4n) is 4.23. The van der Waals surface area contributed by atoms with Crippen LogP contribution in [-0.4, -0.2) is 42.1 Å². The van der Waals surface area contributed by atoms with Gasteiger partial charge in [-0.3, -0.25) is 14.4 Å². The third-order valence-corrected chi connectivity index (χ3v) is 6.62. The zero-order chi connectivity index (χ0) is 23.7. The van der Waals surface area contributed by atoms with E-state index in [-0.39, 0.29) is 36.4 Å². The van der Waals surface area contributed by atoms with Crippen molar-refractivity contribution in [2.24, 2.45) is 0 Å². The second-order valence-electron chi connectivity index (χ2n) is 7.86. The molecule has 1 N–H and O–H groups in total. The summed E-state index contributed by atoms with van der Waals surface area (Å²) in [7, 11) is 1.48. The van der Waals surface area contributed by atoms with Crippen molar-refractivity contribution in [1.29, 1.82) is 0 Å². The monoisotopic (exact) mass is 564 g/mol. The zero-order valence-corrected chi connectivity index (χ0v) is 20.1. The molecule has 172 valence electrons. The Kier molecular flexibility index (Phi) is 6.80. The number of ether oxygens (including phenoxy) is 1. The maximum atomic E-state index is 15.1. The van der Waals surface area contributed by atoms with E-state index in [9.17, 15) is 19.5 Å². The average Bonchev–Trinajstić information content (AvgIpc) is 3.24. The minimum absolute atomic E-state index is 0.0115. The van der Waals surface area contributed by atoms with Gasteiger partial charge >= 0.3 is 0 Å². The van der Waals surface area contributed by atoms with Crippen LogP contribution in [0.25, 0.3) is 10.9 Å². The second-order valence-corrected chi connectivity index (χ2v) is 9.02. The summed E-state index contributed by atoms with van der Waals surface area (Å²) in [5, 5.41) is 9.67. The van der Waals surface area contributed by atoms with Gasteiger partial charge in [-0.2, -0.15) is 0 Å². The Morgan fingerprint density at radius 1 is 1.21 bits per heavy atom. The number of carbonyl (C=O) groups is 2. The Labute approximate surface area is 202 Å². The Morgan fingerprint density at radius 2 is 2.00 bits per heavy atom. The van der Waals surface area contributed by atoms with Crippen molar-refractivity contribution in [2.45, 2.75) is 25.8 Å². The third-order valence-electron chi connectivity index (χ3n) is 5.83. The number of aliphatic hydroxyl groups is 1. The summed E-state index contributed by atoms with van der Waals surface area (Å²) in [6, 6.07) is 6.59. The molecule has 0 bridgehead atoms. The van der Waals surface area contributed by atoms with E-state index in [4.69, 9.17) is 4.74 Å². The number of aldehydes is 1. The normalized spacial score (nSPS) is 13.7. The van der Waals surface area contributed by atoms with E-state index in [1.807, 2.05) is 22.6 Å². The smallest absolute Gasteiger partial charge is 0.227 e. The van der Waals surface area contributed by atoms with Crippen molar-refractivity contribution in [3.05, 3.63) is 66.8 Å². The van der Waals surface area contributed by atoms with Gasteiger partial charge in [0.2, 0.25) is 5.91 Å². The summed E-state index contributed by atoms with van der Waals surface area (Å²) < 4.78 is 22.6. The van der Waals surface area contributed by atoms with Gasteiger partial charge < -0.3 is 19.3 Å². The molecule has 9 heteroatoms. The number of hydrogen-bond acceptors (Lipinski definition) is 5. The third kappa shape index (κ3) is 4.39. The van der Waals surface area contributed by atoms with Crippen molar-refractivity contribution in [1.82, 2.24) is 4.57 Å². The summed E-state index contributed by atoms with van der Waals surface area (Å²) in [5.74, 6) is 0.0643. The van der Waals surface area contributed by atoms with E-state index in [1.54, 1.807) is 33.7 Å². The van der Waals surface area contributed by atoms with Crippen LogP contribution < -0.4 is 15.1 Å². The molecule has 1 amide bonds. The van der Waals surface area contributed by atoms with Crippen LogP contribution in [0.5, 0.6) is 5.75 Å². The molecule has 0 aliphatic carbocycles. The van der Waals surface area contributed by atoms with Crippen molar-refractivity contribution in [3.63, 3.8) is 0 Å². The number of carbonyl (C=O) groups excluding carboxylic acids is 2. The summed E-state index contributed by atoms with van der Waals surface area (Å²) in [5.41, 5.74) is 1.63. The maximum absolute atomic E-state index is 15.1. The van der Waals surface area contributed by atoms with Crippen LogP contribution in [-0.2, 0) is 17.8 Å². The van der Waals surface area contributed by atoms with Crippen LogP contribution in [0.15, 0.2) is 35.3 Å². The van der Waals surface area contributed by atoms with Crippen LogP contribution in [0.3, 0.4) is 0 Å². The van der Waals surface area contributed by atoms with E-state index in [2.05, 4.69) is 0 Å². The number of anilines is 1. The first-order valence-corrected chi connectivity index (χ1v) is 11.5. The van der Waals surface area contributed by atoms with E-state index in [0.29, 0.717) is 50.9 Å². The highest BCUT2D eigenvalue weighted by Gasteiger charge is 2.24. The highest BCUT2D eigenvalue weighted by atomic mass is 127. The molecule has 1 aliphatic rings. The topological polar surface area (TPSA) is 88.8 Å². The lowest BCUT2D eigenvalue weighted by Gasteiger charge is -2.19. The Hall–Kier alpha value is -2.79. The number of benzene rings is 2. The number of aliphatic hydroxyl groups excluding tert-OH is 1. The van der Waals surface area contributed by atoms with Gasteiger partial charge in [-0.05, 0) is 58.3 Å². The van der Waals surface area contributed by atoms with Crippen molar-refractivity contribution >= 4 is 51.4 Å². The molecular formula is C24H22FIN2O5. The number of rotatable bonds is 7. The molecule has 2 heterocycles. The molecule has 0 unspecified atom stereocenters. The molecule has 0 spiro atoms. The summed E-state index contributed by atoms with van der Waals surface area (Å²) in [6.45, 7) is 0.614. The molecule has 3 aromatic rings. The molecule has 7 nitrogen and oxygen atoms in total. The molecule has 33 heavy (non-hydrogen) atoms. The minimum atomic E-state index is -0.440. The summed E-state index contributed by atoms with van der Waals surface area (Å²) in [6.07, 6.45) is 3.26. The predicted octanol–water partition coefficient (Wildman–Crippen LogP) is 3.28. The van der Waals surface area contributed by atoms with E-state index in [0.717, 1.165) is 6.42 Å². The maximum Gasteiger partial charge on any atom is 0.227 e. The summed E-state index contributed by atoms with van der Waals surface area (Å²) >= 11 is 1.91. The molecule has 1 aliphatic heterocycles. The van der Waals surface area contributed by atoms with E-state index < -0.39 is 11.2 Å². The molecule has 2 aromatic carbocycles. The Bertz CT molecular complexity index is 1320. The fraction of sp³-hybridized carbons (Fsp3) is 0.292. The molecule has 0 radical (unpaired) electrons. The summed E-state index contributed by atoms with van der Waals surface area (Å²) in [4.78, 5) is 38.1. The van der Waals surface area contributed by atoms with Crippen LogP contribution in [0.2, 0.25) is 0 Å². The van der Waals surface area contributed by atoms with Gasteiger partial charge in [0.05, 0.1) is 28.4 Å². The zero-order valence-electron chi connectivity index (χ0n) is 17.9. The van der Waals surface area contributed by atoms with Crippen molar-refractivity contribution in [2.75, 3.05) is 25.2 Å². The lowest BCUT2D eigenvalue weighted by Crippen LogP contribution is -2.24. The number of halogens is 2. The highest BCUT2D eigenvalue weighted by Crippen LogP contribution is 2.32. The van der Waals surface area contributed by atoms with Crippen LogP contribution in [0.4, 0.5) is 10.1 Å². The fourth-order valence-corrected chi connectivity index (χ4v) is 4.90. The van der Waals surface area contributed by atoms with Crippen LogP contribution in [0.1, 0.15) is 34.3 Å². The minimum Gasteiger partial charge on any atom is -0.496 e. The average molecular weight is 564 g/mol. The van der Waals surface area contributed by atoms with E-state index in [1.165, 1.54) is 13.3 Å². The Morgan fingerprint density at radius 3 is 2.64 bits per heavy atom. The molecule has 1 fully saturated rings. The molecule has 0 atom stereocenters. The first-order chi connectivity index (χ1) is 15.9. The van der Waals surface area contributed by atoms with Gasteiger partial charge in [-0.25, -0.2) is 4.39 Å². The van der Waals surface area contributed by atoms with Gasteiger partial charge in [-0.15, -0.1) is 0 Å². The van der Waals surface area contributed by atoms with Gasteiger partial charge in [0.25, 0.3) is 0 Å². The number of fused-ring (bicyclic) bond motifs is 1. The SMILES string of the molecule is COc1cc2c(cc1Cc1cc(N3CCCC3=O)cc(I)c1F)c(=O)c(C=O)cn2CCO. The Balaban J connectivity index is 1.86. The second kappa shape index (κ2) is 9.60. The molecule has 4 rings (SSSR count). The lowest BCUT2D eigenvalue weighted by atomic mass is 9.99. The van der Waals surface area contributed by atoms with Crippen molar-refractivity contribution in [3.8, 4) is 5.75 Å². The first kappa shape index (κ1) is 23.4. The molecular weight excluding hydrogens is 542 g/mol. The molecule has 1 saturated heterocycles. The van der Waals surface area contributed by atoms with Gasteiger partial charge in [0, 0.05) is 49.3 Å². The van der Waals surface area contributed by atoms with Crippen LogP contribution >= 0.6 is 22.6 Å². The quantitative estimate of drug-likeness (QED) is 0.352.